The minimum atomic E-state index is -4.11. The van der Waals surface area contributed by atoms with Gasteiger partial charge in [-0.25, -0.2) is 16.8 Å². The molecule has 40 heavy (non-hydrogen) atoms. The van der Waals surface area contributed by atoms with E-state index in [1.807, 2.05) is 13.0 Å². The van der Waals surface area contributed by atoms with Gasteiger partial charge in [0.15, 0.2) is 0 Å². The van der Waals surface area contributed by atoms with Gasteiger partial charge in [-0.05, 0) is 98.1 Å². The van der Waals surface area contributed by atoms with Gasteiger partial charge in [-0.1, -0.05) is 41.4 Å². The van der Waals surface area contributed by atoms with E-state index >= 15 is 0 Å². The molecule has 0 atom stereocenters. The first-order valence-corrected chi connectivity index (χ1v) is 15.6. The fraction of sp³-hybridized carbons (Fsp3) is 0.107. The molecule has 0 saturated heterocycles. The standard InChI is InChI=1S/C28H25Cl2N3O5S2/c1-17-6-4-8-25(18(17)2)33-40(37,38)27-16-20(10-15-24(27)30)28(34)31-21-11-13-22(14-12-21)39(35,36)32-26-9-5-7-23(29)19(26)3/h4-16,32-33H,1-3H3,(H,31,34). The van der Waals surface area contributed by atoms with Crippen molar-refractivity contribution in [3.63, 3.8) is 0 Å². The summed E-state index contributed by atoms with van der Waals surface area (Å²) in [6, 6.07) is 19.6. The van der Waals surface area contributed by atoms with Crippen molar-refractivity contribution in [1.82, 2.24) is 0 Å². The number of nitrogens with one attached hydrogen (secondary N) is 3. The second-order valence-corrected chi connectivity index (χ2v) is 13.1. The van der Waals surface area contributed by atoms with Crippen molar-refractivity contribution in [2.45, 2.75) is 30.6 Å². The lowest BCUT2D eigenvalue weighted by molar-refractivity contribution is 0.102. The molecule has 3 N–H and O–H groups in total. The van der Waals surface area contributed by atoms with E-state index < -0.39 is 26.0 Å². The van der Waals surface area contributed by atoms with E-state index in [4.69, 9.17) is 23.2 Å². The molecule has 0 aliphatic heterocycles. The minimum Gasteiger partial charge on any atom is -0.322 e. The first-order chi connectivity index (χ1) is 18.8. The number of rotatable bonds is 8. The van der Waals surface area contributed by atoms with Crippen molar-refractivity contribution in [2.24, 2.45) is 0 Å². The maximum absolute atomic E-state index is 13.1. The summed E-state index contributed by atoms with van der Waals surface area (Å²) in [5.74, 6) is -0.608. The fourth-order valence-electron chi connectivity index (χ4n) is 3.75. The molecule has 4 aromatic rings. The minimum absolute atomic E-state index is 0.0257. The summed E-state index contributed by atoms with van der Waals surface area (Å²) >= 11 is 12.3. The number of aryl methyl sites for hydroxylation is 1. The summed E-state index contributed by atoms with van der Waals surface area (Å²) in [5, 5.41) is 3.02. The van der Waals surface area contributed by atoms with Crippen LogP contribution in [-0.2, 0) is 20.0 Å². The molecule has 4 rings (SSSR count). The average Bonchev–Trinajstić information content (AvgIpc) is 2.89. The predicted octanol–water partition coefficient (Wildman–Crippen LogP) is 6.77. The molecule has 0 unspecified atom stereocenters. The number of sulfonamides is 2. The zero-order valence-corrected chi connectivity index (χ0v) is 24.8. The van der Waals surface area contributed by atoms with Crippen LogP contribution in [0.5, 0.6) is 0 Å². The number of anilines is 3. The van der Waals surface area contributed by atoms with E-state index in [9.17, 15) is 21.6 Å². The number of halogens is 2. The molecule has 0 fully saturated rings. The number of benzene rings is 4. The highest BCUT2D eigenvalue weighted by molar-refractivity contribution is 7.93. The van der Waals surface area contributed by atoms with Gasteiger partial charge in [-0.2, -0.15) is 0 Å². The van der Waals surface area contributed by atoms with E-state index in [1.54, 1.807) is 44.2 Å². The van der Waals surface area contributed by atoms with Crippen LogP contribution in [0.15, 0.2) is 88.7 Å². The smallest absolute Gasteiger partial charge is 0.263 e. The van der Waals surface area contributed by atoms with E-state index in [0.29, 0.717) is 27.6 Å². The third-order valence-electron chi connectivity index (χ3n) is 6.27. The van der Waals surface area contributed by atoms with E-state index in [2.05, 4.69) is 14.8 Å². The van der Waals surface area contributed by atoms with Crippen molar-refractivity contribution in [2.75, 3.05) is 14.8 Å². The molecule has 0 bridgehead atoms. The lowest BCUT2D eigenvalue weighted by Crippen LogP contribution is -2.17. The molecule has 0 spiro atoms. The largest absolute Gasteiger partial charge is 0.322 e. The van der Waals surface area contributed by atoms with Gasteiger partial charge in [0.2, 0.25) is 0 Å². The third kappa shape index (κ3) is 6.42. The monoisotopic (exact) mass is 617 g/mol. The van der Waals surface area contributed by atoms with Crippen LogP contribution in [0, 0.1) is 20.8 Å². The third-order valence-corrected chi connectivity index (χ3v) is 9.90. The average molecular weight is 619 g/mol. The lowest BCUT2D eigenvalue weighted by atomic mass is 10.1. The molecule has 0 aromatic heterocycles. The highest BCUT2D eigenvalue weighted by Crippen LogP contribution is 2.28. The zero-order valence-electron chi connectivity index (χ0n) is 21.6. The summed E-state index contributed by atoms with van der Waals surface area (Å²) in [6.07, 6.45) is 0. The molecule has 0 heterocycles. The molecule has 1 amide bonds. The lowest BCUT2D eigenvalue weighted by Gasteiger charge is -2.14. The van der Waals surface area contributed by atoms with Crippen molar-refractivity contribution >= 4 is 66.2 Å². The first-order valence-electron chi connectivity index (χ1n) is 11.9. The summed E-state index contributed by atoms with van der Waals surface area (Å²) < 4.78 is 57.0. The highest BCUT2D eigenvalue weighted by Gasteiger charge is 2.22. The van der Waals surface area contributed by atoms with Crippen LogP contribution in [0.2, 0.25) is 10.0 Å². The van der Waals surface area contributed by atoms with Crippen LogP contribution in [0.25, 0.3) is 0 Å². The van der Waals surface area contributed by atoms with Gasteiger partial charge in [0, 0.05) is 16.3 Å². The Hall–Kier alpha value is -3.57. The van der Waals surface area contributed by atoms with Gasteiger partial charge >= 0.3 is 0 Å². The second kappa shape index (κ2) is 11.5. The summed E-state index contributed by atoms with van der Waals surface area (Å²) in [5.41, 5.74) is 3.36. The van der Waals surface area contributed by atoms with Crippen LogP contribution in [-0.4, -0.2) is 22.7 Å². The Labute approximate surface area is 243 Å². The van der Waals surface area contributed by atoms with Gasteiger partial charge in [-0.15, -0.1) is 0 Å². The Bertz CT molecular complexity index is 1830. The second-order valence-electron chi connectivity index (χ2n) is 8.99. The molecule has 0 aliphatic rings. The topological polar surface area (TPSA) is 121 Å². The van der Waals surface area contributed by atoms with Crippen molar-refractivity contribution < 1.29 is 21.6 Å². The quantitative estimate of drug-likeness (QED) is 0.201. The molecular weight excluding hydrogens is 593 g/mol. The Balaban J connectivity index is 1.52. The Morgan fingerprint density at radius 3 is 1.95 bits per heavy atom. The highest BCUT2D eigenvalue weighted by atomic mass is 35.5. The van der Waals surface area contributed by atoms with E-state index in [-0.39, 0.29) is 20.4 Å². The molecule has 208 valence electrons. The van der Waals surface area contributed by atoms with Gasteiger partial charge < -0.3 is 5.32 Å². The summed E-state index contributed by atoms with van der Waals surface area (Å²) in [4.78, 5) is 12.7. The number of hydrogen-bond donors (Lipinski definition) is 3. The maximum atomic E-state index is 13.1. The van der Waals surface area contributed by atoms with Crippen LogP contribution < -0.4 is 14.8 Å². The van der Waals surface area contributed by atoms with Gasteiger partial charge in [0.05, 0.1) is 21.3 Å². The van der Waals surface area contributed by atoms with Crippen LogP contribution >= 0.6 is 23.2 Å². The molecule has 0 radical (unpaired) electrons. The Morgan fingerprint density at radius 2 is 1.27 bits per heavy atom. The van der Waals surface area contributed by atoms with E-state index in [0.717, 1.165) is 11.1 Å². The molecule has 0 saturated carbocycles. The molecule has 12 heteroatoms. The molecular formula is C28H25Cl2N3O5S2. The molecule has 8 nitrogen and oxygen atoms in total. The van der Waals surface area contributed by atoms with Crippen LogP contribution in [0.4, 0.5) is 17.1 Å². The molecule has 0 aliphatic carbocycles. The SMILES string of the molecule is Cc1cccc(NS(=O)(=O)c2cc(C(=O)Nc3ccc(S(=O)(=O)Nc4cccc(Cl)c4C)cc3)ccc2Cl)c1C. The number of carbonyl (C=O) groups is 1. The predicted molar refractivity (Wildman–Crippen MR) is 160 cm³/mol. The fourth-order valence-corrected chi connectivity index (χ4v) is 6.70. The normalized spacial score (nSPS) is 11.6. The summed E-state index contributed by atoms with van der Waals surface area (Å²) in [6.45, 7) is 5.36. The zero-order chi connectivity index (χ0) is 29.2. The number of carbonyl (C=O) groups excluding carboxylic acids is 1. The van der Waals surface area contributed by atoms with E-state index in [1.165, 1.54) is 42.5 Å². The van der Waals surface area contributed by atoms with Crippen molar-refractivity contribution in [3.8, 4) is 0 Å². The van der Waals surface area contributed by atoms with Crippen LogP contribution in [0.1, 0.15) is 27.0 Å². The Morgan fingerprint density at radius 1 is 0.675 bits per heavy atom. The number of hydrogen-bond acceptors (Lipinski definition) is 5. The number of amides is 1. The van der Waals surface area contributed by atoms with Crippen LogP contribution in [0.3, 0.4) is 0 Å². The van der Waals surface area contributed by atoms with Gasteiger partial charge in [0.25, 0.3) is 26.0 Å². The molecule has 4 aromatic carbocycles. The van der Waals surface area contributed by atoms with Gasteiger partial charge in [0.1, 0.15) is 4.90 Å². The Kier molecular flexibility index (Phi) is 8.46. The first kappa shape index (κ1) is 29.4. The summed E-state index contributed by atoms with van der Waals surface area (Å²) in [7, 11) is -8.03. The van der Waals surface area contributed by atoms with Crippen molar-refractivity contribution in [3.05, 3.63) is 111 Å². The van der Waals surface area contributed by atoms with Crippen molar-refractivity contribution in [1.29, 1.82) is 0 Å². The maximum Gasteiger partial charge on any atom is 0.263 e. The van der Waals surface area contributed by atoms with Gasteiger partial charge in [-0.3, -0.25) is 14.2 Å².